The fourth-order valence-electron chi connectivity index (χ4n) is 4.25. The largest absolute Gasteiger partial charge is 0.544 e. The van der Waals surface area contributed by atoms with E-state index in [1.807, 2.05) is 0 Å². The summed E-state index contributed by atoms with van der Waals surface area (Å²) in [5.41, 5.74) is -1.25. The third kappa shape index (κ3) is 2.28. The van der Waals surface area contributed by atoms with Gasteiger partial charge in [-0.1, -0.05) is 6.07 Å². The molecular formula is C18H22N2O6. The lowest BCUT2D eigenvalue weighted by atomic mass is 9.80. The number of carboxylic acid groups (broad SMARTS) is 1. The number of phenolic OH excluding ortho intramolecular Hbond substituents is 1. The normalized spacial score (nSPS) is 30.8. The number of carboxylic acids is 1. The molecule has 0 aliphatic carbocycles. The fourth-order valence-corrected chi connectivity index (χ4v) is 4.25. The summed E-state index contributed by atoms with van der Waals surface area (Å²) in [6.45, 7) is 4.80. The number of amides is 2. The van der Waals surface area contributed by atoms with Gasteiger partial charge in [0, 0.05) is 6.04 Å². The number of hydrogen-bond acceptors (Lipinski definition) is 6. The maximum absolute atomic E-state index is 13.0. The smallest absolute Gasteiger partial charge is 0.240 e. The Labute approximate surface area is 150 Å². The van der Waals surface area contributed by atoms with Gasteiger partial charge in [0.15, 0.2) is 11.5 Å². The Morgan fingerprint density at radius 1 is 1.35 bits per heavy atom. The van der Waals surface area contributed by atoms with Gasteiger partial charge in [-0.05, 0) is 32.9 Å². The van der Waals surface area contributed by atoms with Crippen molar-refractivity contribution in [3.63, 3.8) is 0 Å². The summed E-state index contributed by atoms with van der Waals surface area (Å²) < 4.78 is 5.11. The van der Waals surface area contributed by atoms with Crippen LogP contribution in [0.4, 0.5) is 0 Å². The number of ether oxygens (including phenoxy) is 1. The van der Waals surface area contributed by atoms with Crippen molar-refractivity contribution in [3.8, 4) is 11.5 Å². The molecule has 2 heterocycles. The lowest BCUT2D eigenvalue weighted by molar-refractivity contribution is -0.735. The summed E-state index contributed by atoms with van der Waals surface area (Å²) in [5.74, 6) is -4.26. The second-order valence-corrected chi connectivity index (χ2v) is 7.30. The van der Waals surface area contributed by atoms with Crippen molar-refractivity contribution < 1.29 is 34.7 Å². The minimum absolute atomic E-state index is 0.166. The number of rotatable bonds is 4. The van der Waals surface area contributed by atoms with Crippen LogP contribution in [0.3, 0.4) is 0 Å². The van der Waals surface area contributed by atoms with Crippen LogP contribution in [0.1, 0.15) is 32.4 Å². The molecule has 0 aromatic heterocycles. The van der Waals surface area contributed by atoms with Crippen LogP contribution in [0.15, 0.2) is 18.2 Å². The molecule has 2 saturated heterocycles. The highest BCUT2D eigenvalue weighted by atomic mass is 16.5. The van der Waals surface area contributed by atoms with Gasteiger partial charge in [-0.2, -0.15) is 0 Å². The molecule has 0 saturated carbocycles. The molecule has 3 N–H and O–H groups in total. The van der Waals surface area contributed by atoms with Gasteiger partial charge in [0.25, 0.3) is 0 Å². The molecule has 2 aliphatic heterocycles. The number of imide groups is 1. The zero-order valence-corrected chi connectivity index (χ0v) is 15.1. The molecule has 0 radical (unpaired) electrons. The average molecular weight is 362 g/mol. The number of fused-ring (bicyclic) bond motifs is 1. The number of phenols is 1. The quantitative estimate of drug-likeness (QED) is 0.631. The van der Waals surface area contributed by atoms with E-state index < -0.39 is 41.2 Å². The lowest BCUT2D eigenvalue weighted by Crippen LogP contribution is -2.98. The van der Waals surface area contributed by atoms with E-state index in [1.165, 1.54) is 19.4 Å². The standard InChI is InChI=1S/C18H22N2O6/c1-8(2)20-15(22)11-12(16(20)23)18(3,17(24)25)19-13(11)9-6-5-7-10(26-4)14(9)21/h5-8,11-13,19,21H,1-4H3,(H,24,25)/t11-,12+,13+,18-/m1/s1. The Kier molecular flexibility index (Phi) is 4.18. The first-order chi connectivity index (χ1) is 12.1. The van der Waals surface area contributed by atoms with Crippen molar-refractivity contribution in [3.05, 3.63) is 23.8 Å². The average Bonchev–Trinajstić information content (AvgIpc) is 3.02. The van der Waals surface area contributed by atoms with E-state index in [1.54, 1.807) is 32.0 Å². The van der Waals surface area contributed by atoms with E-state index in [4.69, 9.17) is 4.74 Å². The number of likely N-dealkylation sites (tertiary alicyclic amines) is 1. The number of nitrogens with two attached hydrogens (primary N) is 1. The van der Waals surface area contributed by atoms with Crippen LogP contribution in [-0.2, 0) is 14.4 Å². The molecule has 2 aliphatic rings. The van der Waals surface area contributed by atoms with Gasteiger partial charge in [0.05, 0.1) is 12.7 Å². The second kappa shape index (κ2) is 5.98. The molecule has 0 unspecified atom stereocenters. The molecule has 8 heteroatoms. The minimum Gasteiger partial charge on any atom is -0.544 e. The summed E-state index contributed by atoms with van der Waals surface area (Å²) in [6, 6.07) is 3.69. The zero-order valence-electron chi connectivity index (χ0n) is 15.1. The van der Waals surface area contributed by atoms with Crippen LogP contribution in [-0.4, -0.2) is 46.5 Å². The third-order valence-corrected chi connectivity index (χ3v) is 5.51. The molecule has 8 nitrogen and oxygen atoms in total. The van der Waals surface area contributed by atoms with E-state index in [9.17, 15) is 24.6 Å². The summed E-state index contributed by atoms with van der Waals surface area (Å²) in [6.07, 6.45) is 0. The van der Waals surface area contributed by atoms with E-state index in [-0.39, 0.29) is 17.5 Å². The first kappa shape index (κ1) is 18.2. The molecule has 4 atom stereocenters. The summed E-state index contributed by atoms with van der Waals surface area (Å²) in [5, 5.41) is 23.8. The van der Waals surface area contributed by atoms with E-state index >= 15 is 0 Å². The third-order valence-electron chi connectivity index (χ3n) is 5.51. The van der Waals surface area contributed by atoms with Gasteiger partial charge in [0.2, 0.25) is 11.8 Å². The number of methoxy groups -OCH3 is 1. The number of hydrogen-bond donors (Lipinski definition) is 2. The SMILES string of the molecule is COc1cccc([C@@H]2[NH2+][C@@](C)(C(=O)[O-])[C@@H]3C(=O)N(C(C)C)C(=O)[C@H]32)c1O. The highest BCUT2D eigenvalue weighted by molar-refractivity contribution is 6.08. The Morgan fingerprint density at radius 2 is 2.00 bits per heavy atom. The van der Waals surface area contributed by atoms with Crippen LogP contribution >= 0.6 is 0 Å². The number of aromatic hydroxyl groups is 1. The highest BCUT2D eigenvalue weighted by Crippen LogP contribution is 2.47. The van der Waals surface area contributed by atoms with Gasteiger partial charge in [-0.3, -0.25) is 14.5 Å². The van der Waals surface area contributed by atoms with Crippen molar-refractivity contribution in [2.45, 2.75) is 38.4 Å². The Hall–Kier alpha value is -2.61. The summed E-state index contributed by atoms with van der Waals surface area (Å²) in [4.78, 5) is 38.8. The van der Waals surface area contributed by atoms with E-state index in [0.717, 1.165) is 4.90 Å². The molecule has 2 fully saturated rings. The van der Waals surface area contributed by atoms with Gasteiger partial charge >= 0.3 is 0 Å². The van der Waals surface area contributed by atoms with Gasteiger partial charge in [-0.15, -0.1) is 0 Å². The van der Waals surface area contributed by atoms with E-state index in [2.05, 4.69) is 0 Å². The zero-order chi connectivity index (χ0) is 19.4. The van der Waals surface area contributed by atoms with Gasteiger partial charge in [-0.25, -0.2) is 0 Å². The lowest BCUT2D eigenvalue weighted by Gasteiger charge is -2.30. The molecule has 2 amide bonds. The van der Waals surface area contributed by atoms with Crippen LogP contribution in [0.2, 0.25) is 0 Å². The molecular weight excluding hydrogens is 340 g/mol. The number of benzene rings is 1. The van der Waals surface area contributed by atoms with Crippen molar-refractivity contribution in [1.29, 1.82) is 0 Å². The predicted molar refractivity (Wildman–Crippen MR) is 86.7 cm³/mol. The molecule has 0 spiro atoms. The monoisotopic (exact) mass is 362 g/mol. The summed E-state index contributed by atoms with van der Waals surface area (Å²) in [7, 11) is 1.40. The van der Waals surface area contributed by atoms with Crippen LogP contribution < -0.4 is 15.2 Å². The number of nitrogens with zero attached hydrogens (tertiary/aromatic N) is 1. The predicted octanol–water partition coefficient (Wildman–Crippen LogP) is -1.46. The fraction of sp³-hybridized carbons (Fsp3) is 0.500. The minimum atomic E-state index is -1.61. The number of carbonyl (C=O) groups excluding carboxylic acids is 3. The van der Waals surface area contributed by atoms with Crippen LogP contribution in [0, 0.1) is 11.8 Å². The Balaban J connectivity index is 2.16. The topological polar surface area (TPSA) is 124 Å². The van der Waals surface area contributed by atoms with Gasteiger partial charge in [0.1, 0.15) is 29.4 Å². The van der Waals surface area contributed by atoms with Crippen molar-refractivity contribution >= 4 is 17.8 Å². The molecule has 1 aromatic rings. The van der Waals surface area contributed by atoms with Crippen molar-refractivity contribution in [1.82, 2.24) is 4.90 Å². The Morgan fingerprint density at radius 3 is 2.54 bits per heavy atom. The van der Waals surface area contributed by atoms with Crippen molar-refractivity contribution in [2.75, 3.05) is 7.11 Å². The first-order valence-electron chi connectivity index (χ1n) is 8.45. The number of quaternary nitrogens is 1. The van der Waals surface area contributed by atoms with Gasteiger partial charge < -0.3 is 25.1 Å². The molecule has 3 rings (SSSR count). The van der Waals surface area contributed by atoms with Crippen LogP contribution in [0.5, 0.6) is 11.5 Å². The number of carbonyl (C=O) groups is 3. The second-order valence-electron chi connectivity index (χ2n) is 7.30. The highest BCUT2D eigenvalue weighted by Gasteiger charge is 2.68. The van der Waals surface area contributed by atoms with Crippen LogP contribution in [0.25, 0.3) is 0 Å². The molecule has 26 heavy (non-hydrogen) atoms. The molecule has 0 bridgehead atoms. The molecule has 140 valence electrons. The summed E-state index contributed by atoms with van der Waals surface area (Å²) >= 11 is 0. The number of para-hydroxylation sites is 1. The number of aliphatic carboxylic acids is 1. The first-order valence-corrected chi connectivity index (χ1v) is 8.45. The molecule has 1 aromatic carbocycles. The maximum Gasteiger partial charge on any atom is 0.240 e. The van der Waals surface area contributed by atoms with Crippen molar-refractivity contribution in [2.24, 2.45) is 11.8 Å². The maximum atomic E-state index is 13.0. The van der Waals surface area contributed by atoms with E-state index in [0.29, 0.717) is 5.56 Å². The Bertz CT molecular complexity index is 792.